The third kappa shape index (κ3) is 5.04. The first-order chi connectivity index (χ1) is 15.3. The van der Waals surface area contributed by atoms with E-state index >= 15 is 0 Å². The van der Waals surface area contributed by atoms with E-state index in [2.05, 4.69) is 15.9 Å². The quantitative estimate of drug-likeness (QED) is 0.626. The van der Waals surface area contributed by atoms with E-state index in [1.807, 2.05) is 67.0 Å². The van der Waals surface area contributed by atoms with Gasteiger partial charge in [-0.15, -0.1) is 0 Å². The summed E-state index contributed by atoms with van der Waals surface area (Å²) in [6.45, 7) is 8.47. The minimum Gasteiger partial charge on any atom is -0.372 e. The van der Waals surface area contributed by atoms with E-state index in [9.17, 15) is 9.59 Å². The third-order valence-corrected chi connectivity index (χ3v) is 6.73. The van der Waals surface area contributed by atoms with Crippen LogP contribution >= 0.6 is 15.9 Å². The molecule has 1 aromatic heterocycles. The molecule has 0 N–H and O–H groups in total. The summed E-state index contributed by atoms with van der Waals surface area (Å²) in [6.07, 6.45) is 1.65. The molecule has 0 spiro atoms. The van der Waals surface area contributed by atoms with E-state index in [0.717, 1.165) is 28.7 Å². The molecule has 4 rings (SSSR count). The van der Waals surface area contributed by atoms with Crippen molar-refractivity contribution in [3.8, 4) is 0 Å². The number of ether oxygens (including phenoxy) is 1. The minimum atomic E-state index is 0.0248. The van der Waals surface area contributed by atoms with Crippen molar-refractivity contribution in [3.05, 3.63) is 63.4 Å². The Morgan fingerprint density at radius 2 is 1.69 bits per heavy atom. The summed E-state index contributed by atoms with van der Waals surface area (Å²) in [5.74, 6) is 0.244. The van der Waals surface area contributed by atoms with Crippen LogP contribution in [0.25, 0.3) is 0 Å². The van der Waals surface area contributed by atoms with Crippen molar-refractivity contribution in [2.45, 2.75) is 51.7 Å². The Kier molecular flexibility index (Phi) is 6.96. The average molecular weight is 500 g/mol. The highest BCUT2D eigenvalue weighted by atomic mass is 79.9. The summed E-state index contributed by atoms with van der Waals surface area (Å²) < 4.78 is 6.70. The van der Waals surface area contributed by atoms with Crippen molar-refractivity contribution >= 4 is 27.7 Å². The van der Waals surface area contributed by atoms with Gasteiger partial charge in [0.25, 0.3) is 11.8 Å². The maximum Gasteiger partial charge on any atom is 0.255 e. The maximum absolute atomic E-state index is 13.4. The monoisotopic (exact) mass is 499 g/mol. The summed E-state index contributed by atoms with van der Waals surface area (Å²) in [7, 11) is 0. The Morgan fingerprint density at radius 1 is 1.00 bits per heavy atom. The van der Waals surface area contributed by atoms with Crippen LogP contribution in [0.2, 0.25) is 0 Å². The van der Waals surface area contributed by atoms with Crippen LogP contribution in [0.4, 0.5) is 0 Å². The van der Waals surface area contributed by atoms with Gasteiger partial charge in [-0.05, 0) is 63.9 Å². The van der Waals surface area contributed by atoms with E-state index in [0.29, 0.717) is 37.3 Å². The Hall–Kier alpha value is -2.25. The fourth-order valence-corrected chi connectivity index (χ4v) is 5.14. The van der Waals surface area contributed by atoms with Gasteiger partial charge in [-0.1, -0.05) is 22.0 Å². The average Bonchev–Trinajstić information content (AvgIpc) is 2.77. The van der Waals surface area contributed by atoms with E-state index in [1.165, 1.54) is 0 Å². The number of carbonyl (C=O) groups is 2. The summed E-state index contributed by atoms with van der Waals surface area (Å²) in [5, 5.41) is 0. The number of hydrogen-bond donors (Lipinski definition) is 0. The highest BCUT2D eigenvalue weighted by molar-refractivity contribution is 9.10. The van der Waals surface area contributed by atoms with Crippen molar-refractivity contribution in [3.63, 3.8) is 0 Å². The number of carbonyl (C=O) groups excluding carboxylic acids is 2. The summed E-state index contributed by atoms with van der Waals surface area (Å²) in [4.78, 5) is 34.9. The molecule has 2 fully saturated rings. The number of hydrogen-bond acceptors (Lipinski definition) is 4. The first-order valence-electron chi connectivity index (χ1n) is 11.3. The Morgan fingerprint density at radius 3 is 2.34 bits per heavy atom. The van der Waals surface area contributed by atoms with Gasteiger partial charge in [-0.3, -0.25) is 14.6 Å². The molecule has 32 heavy (non-hydrogen) atoms. The van der Waals surface area contributed by atoms with Gasteiger partial charge in [0.15, 0.2) is 0 Å². The van der Waals surface area contributed by atoms with Gasteiger partial charge in [0.05, 0.1) is 23.5 Å². The topological polar surface area (TPSA) is 62.7 Å². The molecule has 2 aliphatic heterocycles. The predicted octanol–water partition coefficient (Wildman–Crippen LogP) is 4.42. The van der Waals surface area contributed by atoms with Crippen molar-refractivity contribution in [1.29, 1.82) is 0 Å². The predicted molar refractivity (Wildman–Crippen MR) is 127 cm³/mol. The fraction of sp³-hybridized carbons (Fsp3) is 0.480. The van der Waals surface area contributed by atoms with Gasteiger partial charge < -0.3 is 14.5 Å². The van der Waals surface area contributed by atoms with E-state index in [4.69, 9.17) is 9.72 Å². The van der Waals surface area contributed by atoms with Gasteiger partial charge >= 0.3 is 0 Å². The lowest BCUT2D eigenvalue weighted by Gasteiger charge is -2.36. The lowest BCUT2D eigenvalue weighted by Crippen LogP contribution is -2.48. The SMILES string of the molecule is Cc1ccc(C(=O)N2CC(C)OC(C)C2)c(C2CCN(C(=O)c3cccc(Br)c3)CC2)n1. The van der Waals surface area contributed by atoms with Crippen LogP contribution in [0.15, 0.2) is 40.9 Å². The summed E-state index contributed by atoms with van der Waals surface area (Å²) in [6, 6.07) is 11.3. The molecule has 1 aromatic carbocycles. The maximum atomic E-state index is 13.4. The molecular weight excluding hydrogens is 470 g/mol. The number of halogens is 1. The lowest BCUT2D eigenvalue weighted by molar-refractivity contribution is -0.0586. The van der Waals surface area contributed by atoms with Gasteiger partial charge in [0, 0.05) is 47.8 Å². The first-order valence-corrected chi connectivity index (χ1v) is 12.1. The molecule has 2 unspecified atom stereocenters. The zero-order chi connectivity index (χ0) is 22.8. The fourth-order valence-electron chi connectivity index (χ4n) is 4.74. The molecule has 2 atom stereocenters. The molecule has 0 aliphatic carbocycles. The smallest absolute Gasteiger partial charge is 0.255 e. The molecule has 170 valence electrons. The number of nitrogens with zero attached hydrogens (tertiary/aromatic N) is 3. The van der Waals surface area contributed by atoms with E-state index < -0.39 is 0 Å². The van der Waals surface area contributed by atoms with Crippen molar-refractivity contribution in [1.82, 2.24) is 14.8 Å². The molecular formula is C25H30BrN3O3. The number of aryl methyl sites for hydroxylation is 1. The van der Waals surface area contributed by atoms with Crippen LogP contribution in [0, 0.1) is 6.92 Å². The van der Waals surface area contributed by atoms with Crippen LogP contribution in [0.5, 0.6) is 0 Å². The lowest BCUT2D eigenvalue weighted by atomic mass is 9.89. The van der Waals surface area contributed by atoms with Crippen molar-refractivity contribution in [2.75, 3.05) is 26.2 Å². The number of aromatic nitrogens is 1. The Balaban J connectivity index is 1.49. The summed E-state index contributed by atoms with van der Waals surface area (Å²) >= 11 is 3.44. The number of amides is 2. The van der Waals surface area contributed by atoms with E-state index in [-0.39, 0.29) is 29.9 Å². The van der Waals surface area contributed by atoms with Gasteiger partial charge in [-0.25, -0.2) is 0 Å². The number of benzene rings is 1. The van der Waals surface area contributed by atoms with Crippen molar-refractivity contribution in [2.24, 2.45) is 0 Å². The molecule has 2 saturated heterocycles. The van der Waals surface area contributed by atoms with Crippen LogP contribution in [-0.4, -0.2) is 65.0 Å². The molecule has 2 aliphatic rings. The van der Waals surface area contributed by atoms with Gasteiger partial charge in [-0.2, -0.15) is 0 Å². The highest BCUT2D eigenvalue weighted by Gasteiger charge is 2.32. The highest BCUT2D eigenvalue weighted by Crippen LogP contribution is 2.31. The second kappa shape index (κ2) is 9.71. The molecule has 2 aromatic rings. The van der Waals surface area contributed by atoms with Gasteiger partial charge in [0.2, 0.25) is 0 Å². The normalized spacial score (nSPS) is 22.1. The molecule has 0 bridgehead atoms. The van der Waals surface area contributed by atoms with Crippen molar-refractivity contribution < 1.29 is 14.3 Å². The zero-order valence-corrected chi connectivity index (χ0v) is 20.5. The molecule has 3 heterocycles. The Bertz CT molecular complexity index is 994. The molecule has 7 heteroatoms. The largest absolute Gasteiger partial charge is 0.372 e. The Labute approximate surface area is 198 Å². The molecule has 6 nitrogen and oxygen atoms in total. The number of morpholine rings is 1. The number of likely N-dealkylation sites (tertiary alicyclic amines) is 1. The molecule has 2 amide bonds. The second-order valence-corrected chi connectivity index (χ2v) is 9.85. The number of piperidine rings is 1. The zero-order valence-electron chi connectivity index (χ0n) is 18.9. The number of pyridine rings is 1. The summed E-state index contributed by atoms with van der Waals surface area (Å²) in [5.41, 5.74) is 3.16. The molecule has 0 saturated carbocycles. The minimum absolute atomic E-state index is 0.0248. The van der Waals surface area contributed by atoms with Crippen LogP contribution in [-0.2, 0) is 4.74 Å². The second-order valence-electron chi connectivity index (χ2n) is 8.93. The first kappa shape index (κ1) is 22.9. The third-order valence-electron chi connectivity index (χ3n) is 6.24. The standard InChI is InChI=1S/C25H30BrN3O3/c1-16-7-8-22(25(31)29-14-17(2)32-18(3)15-29)23(27-16)19-9-11-28(12-10-19)24(30)20-5-4-6-21(26)13-20/h4-8,13,17-19H,9-12,14-15H2,1-3H3. The molecule has 0 radical (unpaired) electrons. The van der Waals surface area contributed by atoms with E-state index in [1.54, 1.807) is 0 Å². The number of rotatable bonds is 3. The van der Waals surface area contributed by atoms with Crippen LogP contribution < -0.4 is 0 Å². The van der Waals surface area contributed by atoms with Crippen LogP contribution in [0.1, 0.15) is 64.7 Å². The van der Waals surface area contributed by atoms with Crippen LogP contribution in [0.3, 0.4) is 0 Å². The van der Waals surface area contributed by atoms with Gasteiger partial charge in [0.1, 0.15) is 0 Å².